The molecule has 1 aromatic rings. The second-order valence-corrected chi connectivity index (χ2v) is 8.30. The average Bonchev–Trinajstić information content (AvgIpc) is 2.49. The Morgan fingerprint density at radius 2 is 1.96 bits per heavy atom. The molecule has 0 spiro atoms. The molecule has 0 saturated heterocycles. The van der Waals surface area contributed by atoms with Crippen LogP contribution in [0.4, 0.5) is 0 Å². The highest BCUT2D eigenvalue weighted by Crippen LogP contribution is 2.18. The van der Waals surface area contributed by atoms with Gasteiger partial charge in [0.05, 0.1) is 12.3 Å². The first-order valence-corrected chi connectivity index (χ1v) is 9.90. The van der Waals surface area contributed by atoms with E-state index in [2.05, 4.69) is 10.0 Å². The summed E-state index contributed by atoms with van der Waals surface area (Å²) in [5.41, 5.74) is 1.49. The molecule has 1 fully saturated rings. The van der Waals surface area contributed by atoms with Crippen molar-refractivity contribution in [3.63, 3.8) is 0 Å². The Morgan fingerprint density at radius 3 is 2.61 bits per heavy atom. The van der Waals surface area contributed by atoms with Gasteiger partial charge in [0.15, 0.2) is 0 Å². The number of carbonyl (C=O) groups excluding carboxylic acids is 1. The molecule has 128 valence electrons. The van der Waals surface area contributed by atoms with E-state index in [1.165, 1.54) is 6.42 Å². The van der Waals surface area contributed by atoms with Crippen LogP contribution in [0.3, 0.4) is 0 Å². The number of hydrogen-bond donors (Lipinski definition) is 2. The molecule has 0 heterocycles. The summed E-state index contributed by atoms with van der Waals surface area (Å²) in [6, 6.07) is 5.26. The summed E-state index contributed by atoms with van der Waals surface area (Å²) in [6.45, 7) is 1.60. The zero-order valence-corrected chi connectivity index (χ0v) is 14.8. The van der Waals surface area contributed by atoms with Crippen LogP contribution in [0.25, 0.3) is 0 Å². The predicted octanol–water partition coefficient (Wildman–Crippen LogP) is 2.52. The van der Waals surface area contributed by atoms with E-state index in [1.807, 2.05) is 6.92 Å². The van der Waals surface area contributed by atoms with Crippen molar-refractivity contribution < 1.29 is 13.2 Å². The van der Waals surface area contributed by atoms with E-state index in [0.717, 1.165) is 31.2 Å². The third-order valence-corrected chi connectivity index (χ3v) is 5.58. The van der Waals surface area contributed by atoms with Gasteiger partial charge in [-0.15, -0.1) is 0 Å². The SMILES string of the molecule is Cc1cc(Cl)ccc1CS(=O)(=O)NCC(=O)NC1CCCCC1. The molecule has 0 radical (unpaired) electrons. The summed E-state index contributed by atoms with van der Waals surface area (Å²) >= 11 is 5.87. The van der Waals surface area contributed by atoms with Gasteiger partial charge in [-0.25, -0.2) is 13.1 Å². The van der Waals surface area contributed by atoms with Gasteiger partial charge in [-0.3, -0.25) is 4.79 Å². The Hall–Kier alpha value is -1.11. The van der Waals surface area contributed by atoms with Gasteiger partial charge in [0.1, 0.15) is 0 Å². The van der Waals surface area contributed by atoms with Crippen molar-refractivity contribution >= 4 is 27.5 Å². The second-order valence-electron chi connectivity index (χ2n) is 6.05. The van der Waals surface area contributed by atoms with Crippen molar-refractivity contribution in [3.05, 3.63) is 34.3 Å². The molecule has 0 unspecified atom stereocenters. The standard InChI is InChI=1S/C16H23ClN2O3S/c1-12-9-14(17)8-7-13(12)11-23(21,22)18-10-16(20)19-15-5-3-2-4-6-15/h7-9,15,18H,2-6,10-11H2,1H3,(H,19,20). The monoisotopic (exact) mass is 358 g/mol. The summed E-state index contributed by atoms with van der Waals surface area (Å²) in [6.07, 6.45) is 5.39. The van der Waals surface area contributed by atoms with Crippen molar-refractivity contribution in [2.45, 2.75) is 50.8 Å². The molecule has 1 amide bonds. The molecule has 5 nitrogen and oxygen atoms in total. The van der Waals surface area contributed by atoms with E-state index >= 15 is 0 Å². The lowest BCUT2D eigenvalue weighted by molar-refractivity contribution is -0.120. The summed E-state index contributed by atoms with van der Waals surface area (Å²) in [5.74, 6) is -0.430. The fourth-order valence-electron chi connectivity index (χ4n) is 2.78. The first-order valence-electron chi connectivity index (χ1n) is 7.87. The Labute approximate surface area is 142 Å². The first-order chi connectivity index (χ1) is 10.9. The molecule has 1 saturated carbocycles. The molecule has 0 aromatic heterocycles. The topological polar surface area (TPSA) is 75.3 Å². The summed E-state index contributed by atoms with van der Waals surface area (Å²) in [7, 11) is -3.56. The van der Waals surface area contributed by atoms with Crippen LogP contribution in [0.2, 0.25) is 5.02 Å². The van der Waals surface area contributed by atoms with Gasteiger partial charge >= 0.3 is 0 Å². The van der Waals surface area contributed by atoms with Crippen LogP contribution >= 0.6 is 11.6 Å². The van der Waals surface area contributed by atoms with Gasteiger partial charge in [-0.05, 0) is 43.0 Å². The highest BCUT2D eigenvalue weighted by molar-refractivity contribution is 7.88. The van der Waals surface area contributed by atoms with Gasteiger partial charge in [0.2, 0.25) is 15.9 Å². The largest absolute Gasteiger partial charge is 0.352 e. The van der Waals surface area contributed by atoms with Crippen LogP contribution in [0.5, 0.6) is 0 Å². The highest BCUT2D eigenvalue weighted by atomic mass is 35.5. The van der Waals surface area contributed by atoms with Crippen LogP contribution in [0, 0.1) is 6.92 Å². The van der Waals surface area contributed by atoms with E-state index in [1.54, 1.807) is 18.2 Å². The number of carbonyl (C=O) groups is 1. The molecule has 2 rings (SSSR count). The maximum atomic E-state index is 12.1. The van der Waals surface area contributed by atoms with Gasteiger partial charge in [-0.1, -0.05) is 36.9 Å². The van der Waals surface area contributed by atoms with Crippen molar-refractivity contribution in [2.75, 3.05) is 6.54 Å². The normalized spacial score (nSPS) is 16.3. The van der Waals surface area contributed by atoms with E-state index in [0.29, 0.717) is 10.6 Å². The van der Waals surface area contributed by atoms with Crippen LogP contribution in [0.15, 0.2) is 18.2 Å². The van der Waals surface area contributed by atoms with Gasteiger partial charge in [0.25, 0.3) is 0 Å². The van der Waals surface area contributed by atoms with Crippen LogP contribution < -0.4 is 10.0 Å². The van der Waals surface area contributed by atoms with Gasteiger partial charge in [-0.2, -0.15) is 0 Å². The fourth-order valence-corrected chi connectivity index (χ4v) is 4.19. The van der Waals surface area contributed by atoms with E-state index in [-0.39, 0.29) is 24.2 Å². The molecular formula is C16H23ClN2O3S. The zero-order chi connectivity index (χ0) is 16.9. The first kappa shape index (κ1) is 18.2. The van der Waals surface area contributed by atoms with Crippen molar-refractivity contribution in [1.82, 2.24) is 10.0 Å². The number of sulfonamides is 1. The third kappa shape index (κ3) is 6.12. The number of hydrogen-bond acceptors (Lipinski definition) is 3. The Morgan fingerprint density at radius 1 is 1.26 bits per heavy atom. The van der Waals surface area contributed by atoms with Crippen LogP contribution in [-0.2, 0) is 20.6 Å². The summed E-state index contributed by atoms with van der Waals surface area (Å²) < 4.78 is 26.6. The molecule has 0 atom stereocenters. The van der Waals surface area contributed by atoms with Crippen molar-refractivity contribution in [2.24, 2.45) is 0 Å². The van der Waals surface area contributed by atoms with Crippen LogP contribution in [0.1, 0.15) is 43.2 Å². The molecule has 7 heteroatoms. The molecule has 1 aliphatic rings. The average molecular weight is 359 g/mol. The van der Waals surface area contributed by atoms with Gasteiger partial charge in [0, 0.05) is 11.1 Å². The third-order valence-electron chi connectivity index (χ3n) is 4.07. The lowest BCUT2D eigenvalue weighted by Crippen LogP contribution is -2.42. The highest BCUT2D eigenvalue weighted by Gasteiger charge is 2.18. The maximum absolute atomic E-state index is 12.1. The molecule has 1 aliphatic carbocycles. The smallest absolute Gasteiger partial charge is 0.235 e. The minimum absolute atomic E-state index is 0.160. The summed E-state index contributed by atoms with van der Waals surface area (Å²) in [4.78, 5) is 11.9. The predicted molar refractivity (Wildman–Crippen MR) is 91.8 cm³/mol. The number of halogens is 1. The number of nitrogens with one attached hydrogen (secondary N) is 2. The number of amides is 1. The van der Waals surface area contributed by atoms with Crippen LogP contribution in [-0.4, -0.2) is 26.9 Å². The second kappa shape index (κ2) is 8.13. The quantitative estimate of drug-likeness (QED) is 0.820. The Kier molecular flexibility index (Phi) is 6.44. The lowest BCUT2D eigenvalue weighted by atomic mass is 9.95. The molecule has 23 heavy (non-hydrogen) atoms. The minimum Gasteiger partial charge on any atom is -0.352 e. The van der Waals surface area contributed by atoms with E-state index in [4.69, 9.17) is 11.6 Å². The number of aryl methyl sites for hydroxylation is 1. The van der Waals surface area contributed by atoms with Crippen molar-refractivity contribution in [3.8, 4) is 0 Å². The Bertz CT molecular complexity index is 655. The minimum atomic E-state index is -3.56. The van der Waals surface area contributed by atoms with Crippen molar-refractivity contribution in [1.29, 1.82) is 0 Å². The van der Waals surface area contributed by atoms with E-state index < -0.39 is 10.0 Å². The van der Waals surface area contributed by atoms with Gasteiger partial charge < -0.3 is 5.32 Å². The number of rotatable bonds is 6. The summed E-state index contributed by atoms with van der Waals surface area (Å²) in [5, 5.41) is 3.46. The zero-order valence-electron chi connectivity index (χ0n) is 13.3. The molecule has 2 N–H and O–H groups in total. The Balaban J connectivity index is 1.84. The molecule has 0 bridgehead atoms. The molecule has 1 aromatic carbocycles. The van der Waals surface area contributed by atoms with E-state index in [9.17, 15) is 13.2 Å². The maximum Gasteiger partial charge on any atom is 0.235 e. The fraction of sp³-hybridized carbons (Fsp3) is 0.562. The lowest BCUT2D eigenvalue weighted by Gasteiger charge is -2.22. The molecular weight excluding hydrogens is 336 g/mol. The molecule has 0 aliphatic heterocycles. The number of benzene rings is 1.